The van der Waals surface area contributed by atoms with Crippen LogP contribution in [-0.2, 0) is 6.54 Å². The van der Waals surface area contributed by atoms with Gasteiger partial charge in [-0.1, -0.05) is 12.1 Å². The van der Waals surface area contributed by atoms with E-state index in [2.05, 4.69) is 34.0 Å². The first kappa shape index (κ1) is 11.1. The molecular formula is C13H16N4O. The van der Waals surface area contributed by atoms with E-state index in [0.717, 1.165) is 24.5 Å². The van der Waals surface area contributed by atoms with E-state index in [-0.39, 0.29) is 0 Å². The highest BCUT2D eigenvalue weighted by atomic mass is 16.4. The molecule has 0 amide bonds. The predicted molar refractivity (Wildman–Crippen MR) is 71.1 cm³/mol. The van der Waals surface area contributed by atoms with Crippen molar-refractivity contribution in [2.24, 2.45) is 5.73 Å². The fourth-order valence-corrected chi connectivity index (χ4v) is 2.22. The second kappa shape index (κ2) is 4.34. The highest BCUT2D eigenvalue weighted by Gasteiger charge is 2.23. The van der Waals surface area contributed by atoms with E-state index in [1.165, 1.54) is 5.69 Å². The Kier molecular flexibility index (Phi) is 2.68. The fourth-order valence-electron chi connectivity index (χ4n) is 2.22. The molecule has 0 spiro atoms. The van der Waals surface area contributed by atoms with Crippen LogP contribution in [0.25, 0.3) is 0 Å². The van der Waals surface area contributed by atoms with Gasteiger partial charge in [0.2, 0.25) is 0 Å². The van der Waals surface area contributed by atoms with Gasteiger partial charge in [0.05, 0.1) is 17.1 Å². The highest BCUT2D eigenvalue weighted by Crippen LogP contribution is 2.36. The lowest BCUT2D eigenvalue weighted by Crippen LogP contribution is -2.36. The van der Waals surface area contributed by atoms with Gasteiger partial charge in [0.15, 0.2) is 0 Å². The van der Waals surface area contributed by atoms with Crippen LogP contribution in [0.5, 0.6) is 0 Å². The molecular weight excluding hydrogens is 228 g/mol. The second-order valence-corrected chi connectivity index (χ2v) is 4.39. The normalized spacial score (nSPS) is 14.8. The van der Waals surface area contributed by atoms with Crippen LogP contribution in [0.2, 0.25) is 0 Å². The van der Waals surface area contributed by atoms with E-state index in [1.807, 2.05) is 12.1 Å². The third-order valence-electron chi connectivity index (χ3n) is 3.22. The van der Waals surface area contributed by atoms with Gasteiger partial charge in [0.1, 0.15) is 6.26 Å². The van der Waals surface area contributed by atoms with Crippen LogP contribution in [-0.4, -0.2) is 25.1 Å². The van der Waals surface area contributed by atoms with Crippen molar-refractivity contribution in [2.75, 3.05) is 29.9 Å². The van der Waals surface area contributed by atoms with Gasteiger partial charge in [-0.05, 0) is 12.1 Å². The quantitative estimate of drug-likeness (QED) is 0.871. The summed E-state index contributed by atoms with van der Waals surface area (Å²) in [5, 5.41) is 0. The Labute approximate surface area is 106 Å². The third kappa shape index (κ3) is 1.73. The van der Waals surface area contributed by atoms with Crippen molar-refractivity contribution < 1.29 is 4.42 Å². The molecule has 0 fully saturated rings. The zero-order valence-electron chi connectivity index (χ0n) is 10.3. The maximum atomic E-state index is 5.56. The zero-order valence-corrected chi connectivity index (χ0v) is 10.3. The molecule has 2 aromatic rings. The number of rotatable bonds is 2. The molecule has 0 saturated heterocycles. The van der Waals surface area contributed by atoms with E-state index in [0.29, 0.717) is 12.6 Å². The average Bonchev–Trinajstić information content (AvgIpc) is 2.88. The van der Waals surface area contributed by atoms with Crippen molar-refractivity contribution >= 4 is 17.4 Å². The summed E-state index contributed by atoms with van der Waals surface area (Å²) in [7, 11) is 2.09. The molecule has 3 rings (SSSR count). The van der Waals surface area contributed by atoms with Crippen LogP contribution in [0.15, 0.2) is 34.9 Å². The van der Waals surface area contributed by atoms with Gasteiger partial charge in [-0.3, -0.25) is 4.90 Å². The molecule has 5 heteroatoms. The number of fused-ring (bicyclic) bond motifs is 1. The molecule has 18 heavy (non-hydrogen) atoms. The Morgan fingerprint density at radius 3 is 2.78 bits per heavy atom. The van der Waals surface area contributed by atoms with E-state index in [9.17, 15) is 0 Å². The molecule has 0 saturated carbocycles. The number of likely N-dealkylation sites (N-methyl/N-ethyl adjacent to an activating group) is 1. The smallest absolute Gasteiger partial charge is 0.302 e. The van der Waals surface area contributed by atoms with Crippen LogP contribution in [0.4, 0.5) is 17.4 Å². The van der Waals surface area contributed by atoms with Crippen molar-refractivity contribution in [1.82, 2.24) is 4.98 Å². The van der Waals surface area contributed by atoms with Crippen molar-refractivity contribution in [1.29, 1.82) is 0 Å². The Morgan fingerprint density at radius 1 is 1.28 bits per heavy atom. The number of nitrogens with two attached hydrogens (primary N) is 1. The number of aromatic nitrogens is 1. The molecule has 0 bridgehead atoms. The molecule has 1 aromatic heterocycles. The Hall–Kier alpha value is -2.01. The summed E-state index contributed by atoms with van der Waals surface area (Å²) in [6.45, 7) is 2.20. The van der Waals surface area contributed by atoms with E-state index in [4.69, 9.17) is 10.2 Å². The van der Waals surface area contributed by atoms with E-state index in [1.54, 1.807) is 6.26 Å². The lowest BCUT2D eigenvalue weighted by molar-refractivity contribution is 0.548. The van der Waals surface area contributed by atoms with Gasteiger partial charge in [-0.15, -0.1) is 0 Å². The van der Waals surface area contributed by atoms with Gasteiger partial charge in [-0.2, -0.15) is 4.98 Å². The molecule has 0 atom stereocenters. The molecule has 0 radical (unpaired) electrons. The zero-order chi connectivity index (χ0) is 12.5. The minimum atomic E-state index is 0.402. The first-order chi connectivity index (χ1) is 8.79. The van der Waals surface area contributed by atoms with E-state index >= 15 is 0 Å². The van der Waals surface area contributed by atoms with E-state index < -0.39 is 0 Å². The number of hydrogen-bond acceptors (Lipinski definition) is 5. The SMILES string of the molecule is CN1CCN(c2nc(CN)co2)c2ccccc21. The minimum absolute atomic E-state index is 0.402. The van der Waals surface area contributed by atoms with Crippen LogP contribution < -0.4 is 15.5 Å². The van der Waals surface area contributed by atoms with Crippen LogP contribution >= 0.6 is 0 Å². The van der Waals surface area contributed by atoms with Gasteiger partial charge in [0, 0.05) is 26.7 Å². The van der Waals surface area contributed by atoms with Gasteiger partial charge >= 0.3 is 6.01 Å². The Balaban J connectivity index is 2.01. The van der Waals surface area contributed by atoms with Crippen molar-refractivity contribution in [3.63, 3.8) is 0 Å². The first-order valence-electron chi connectivity index (χ1n) is 6.02. The number of benzene rings is 1. The van der Waals surface area contributed by atoms with Crippen LogP contribution in [0, 0.1) is 0 Å². The largest absolute Gasteiger partial charge is 0.431 e. The van der Waals surface area contributed by atoms with Gasteiger partial charge in [-0.25, -0.2) is 0 Å². The first-order valence-corrected chi connectivity index (χ1v) is 6.02. The molecule has 0 unspecified atom stereocenters. The summed E-state index contributed by atoms with van der Waals surface area (Å²) < 4.78 is 5.50. The molecule has 0 aliphatic carbocycles. The summed E-state index contributed by atoms with van der Waals surface area (Å²) in [6.07, 6.45) is 1.62. The van der Waals surface area contributed by atoms with Crippen LogP contribution in [0.1, 0.15) is 5.69 Å². The number of anilines is 3. The van der Waals surface area contributed by atoms with Crippen molar-refractivity contribution in [3.05, 3.63) is 36.2 Å². The number of nitrogens with zero attached hydrogens (tertiary/aromatic N) is 3. The second-order valence-electron chi connectivity index (χ2n) is 4.39. The molecule has 2 N–H and O–H groups in total. The molecule has 1 aliphatic rings. The number of hydrogen-bond donors (Lipinski definition) is 1. The summed E-state index contributed by atoms with van der Waals surface area (Å²) in [6, 6.07) is 8.87. The number of oxazole rings is 1. The van der Waals surface area contributed by atoms with Crippen molar-refractivity contribution in [2.45, 2.75) is 6.54 Å². The topological polar surface area (TPSA) is 58.5 Å². The molecule has 94 valence electrons. The minimum Gasteiger partial charge on any atom is -0.431 e. The lowest BCUT2D eigenvalue weighted by atomic mass is 10.2. The summed E-state index contributed by atoms with van der Waals surface area (Å²) in [5.74, 6) is 0. The standard InChI is InChI=1S/C13H16N4O/c1-16-6-7-17(12-5-3-2-4-11(12)16)13-15-10(8-14)9-18-13/h2-5,9H,6-8,14H2,1H3. The van der Waals surface area contributed by atoms with Crippen LogP contribution in [0.3, 0.4) is 0 Å². The monoisotopic (exact) mass is 244 g/mol. The molecule has 2 heterocycles. The Bertz CT molecular complexity index is 551. The van der Waals surface area contributed by atoms with Gasteiger partial charge < -0.3 is 15.1 Å². The maximum Gasteiger partial charge on any atom is 0.302 e. The summed E-state index contributed by atoms with van der Waals surface area (Å²) in [4.78, 5) is 8.72. The number of para-hydroxylation sites is 2. The predicted octanol–water partition coefficient (Wildman–Crippen LogP) is 1.72. The summed E-state index contributed by atoms with van der Waals surface area (Å²) in [5.41, 5.74) is 8.65. The molecule has 1 aliphatic heterocycles. The Morgan fingerprint density at radius 2 is 2.06 bits per heavy atom. The molecule has 1 aromatic carbocycles. The summed E-state index contributed by atoms with van der Waals surface area (Å²) >= 11 is 0. The fraction of sp³-hybridized carbons (Fsp3) is 0.308. The maximum absolute atomic E-state index is 5.56. The van der Waals surface area contributed by atoms with Gasteiger partial charge in [0.25, 0.3) is 0 Å². The third-order valence-corrected chi connectivity index (χ3v) is 3.22. The highest BCUT2D eigenvalue weighted by molar-refractivity contribution is 5.76. The average molecular weight is 244 g/mol. The van der Waals surface area contributed by atoms with Crippen molar-refractivity contribution in [3.8, 4) is 0 Å². The lowest BCUT2D eigenvalue weighted by Gasteiger charge is -2.34. The molecule has 5 nitrogen and oxygen atoms in total.